The van der Waals surface area contributed by atoms with Crippen molar-refractivity contribution < 1.29 is 9.13 Å². The van der Waals surface area contributed by atoms with Crippen molar-refractivity contribution in [2.45, 2.75) is 43.9 Å². The molecule has 1 aromatic rings. The number of benzene rings is 1. The molecule has 1 atom stereocenters. The van der Waals surface area contributed by atoms with E-state index in [1.54, 1.807) is 6.07 Å². The molecular weight excluding hydrogens is 353 g/mol. The van der Waals surface area contributed by atoms with Gasteiger partial charge in [0.15, 0.2) is 0 Å². The van der Waals surface area contributed by atoms with Crippen molar-refractivity contribution in [3.05, 3.63) is 34.1 Å². The fourth-order valence-electron chi connectivity index (χ4n) is 3.23. The molecule has 21 heavy (non-hydrogen) atoms. The lowest BCUT2D eigenvalue weighted by atomic mass is 9.85. The van der Waals surface area contributed by atoms with Crippen LogP contribution < -0.4 is 5.32 Å². The highest BCUT2D eigenvalue weighted by Crippen LogP contribution is 2.37. The number of rotatable bonds is 3. The summed E-state index contributed by atoms with van der Waals surface area (Å²) in [4.78, 5) is 0. The zero-order valence-corrected chi connectivity index (χ0v) is 14.4. The van der Waals surface area contributed by atoms with Crippen LogP contribution in [0.4, 0.5) is 4.39 Å². The molecule has 0 radical (unpaired) electrons. The normalized spacial score (nSPS) is 25.1. The number of ether oxygens (including phenoxy) is 1. The number of nitrogens with one attached hydrogen (secondary N) is 1. The Hall–Kier alpha value is -0.100. The number of thioether (sulfide) groups is 1. The van der Waals surface area contributed by atoms with Gasteiger partial charge in [0.2, 0.25) is 0 Å². The van der Waals surface area contributed by atoms with Crippen LogP contribution in [0.3, 0.4) is 0 Å². The predicted molar refractivity (Wildman–Crippen MR) is 89.2 cm³/mol. The molecule has 2 nitrogen and oxygen atoms in total. The Balaban J connectivity index is 1.58. The van der Waals surface area contributed by atoms with Gasteiger partial charge in [-0.05, 0) is 55.4 Å². The highest BCUT2D eigenvalue weighted by molar-refractivity contribution is 9.10. The third kappa shape index (κ3) is 4.01. The van der Waals surface area contributed by atoms with E-state index in [9.17, 15) is 4.39 Å². The summed E-state index contributed by atoms with van der Waals surface area (Å²) in [5, 5.41) is 3.53. The molecule has 1 unspecified atom stereocenters. The molecule has 2 heterocycles. The predicted octanol–water partition coefficient (Wildman–Crippen LogP) is 4.12. The minimum Gasteiger partial charge on any atom is -0.375 e. The quantitative estimate of drug-likeness (QED) is 0.860. The lowest BCUT2D eigenvalue weighted by Gasteiger charge is -2.43. The van der Waals surface area contributed by atoms with E-state index in [0.717, 1.165) is 42.3 Å². The molecule has 2 saturated heterocycles. The molecule has 116 valence electrons. The van der Waals surface area contributed by atoms with Gasteiger partial charge < -0.3 is 10.1 Å². The molecule has 0 aromatic heterocycles. The first-order valence-corrected chi connectivity index (χ1v) is 9.51. The van der Waals surface area contributed by atoms with Crippen LogP contribution in [0.25, 0.3) is 0 Å². The monoisotopic (exact) mass is 373 g/mol. The topological polar surface area (TPSA) is 21.3 Å². The van der Waals surface area contributed by atoms with Crippen LogP contribution in [0.1, 0.15) is 31.2 Å². The summed E-state index contributed by atoms with van der Waals surface area (Å²) >= 11 is 5.43. The van der Waals surface area contributed by atoms with Gasteiger partial charge in [-0.15, -0.1) is 0 Å². The molecule has 2 aliphatic heterocycles. The van der Waals surface area contributed by atoms with Crippen LogP contribution >= 0.6 is 27.7 Å². The largest absolute Gasteiger partial charge is 0.375 e. The Morgan fingerprint density at radius 1 is 1.38 bits per heavy atom. The Morgan fingerprint density at radius 3 is 3.00 bits per heavy atom. The summed E-state index contributed by atoms with van der Waals surface area (Å²) < 4.78 is 20.8. The van der Waals surface area contributed by atoms with Crippen molar-refractivity contribution in [2.75, 3.05) is 18.1 Å². The Morgan fingerprint density at radius 2 is 2.19 bits per heavy atom. The second-order valence-corrected chi connectivity index (χ2v) is 8.09. The Kier molecular flexibility index (Phi) is 5.25. The van der Waals surface area contributed by atoms with E-state index in [-0.39, 0.29) is 11.4 Å². The van der Waals surface area contributed by atoms with E-state index in [1.807, 2.05) is 17.8 Å². The molecular formula is C16H21BrFNOS. The summed E-state index contributed by atoms with van der Waals surface area (Å²) in [5.74, 6) is 2.27. The summed E-state index contributed by atoms with van der Waals surface area (Å²) in [6.45, 7) is 1.41. The van der Waals surface area contributed by atoms with Gasteiger partial charge in [-0.25, -0.2) is 4.39 Å². The van der Waals surface area contributed by atoms with Crippen LogP contribution in [0.15, 0.2) is 22.7 Å². The van der Waals surface area contributed by atoms with Gasteiger partial charge in [0, 0.05) is 29.2 Å². The van der Waals surface area contributed by atoms with Crippen molar-refractivity contribution >= 4 is 27.7 Å². The molecule has 0 amide bonds. The van der Waals surface area contributed by atoms with Gasteiger partial charge in [0.25, 0.3) is 0 Å². The highest BCUT2D eigenvalue weighted by atomic mass is 79.9. The van der Waals surface area contributed by atoms with Crippen LogP contribution in [0, 0.1) is 5.82 Å². The van der Waals surface area contributed by atoms with Crippen molar-refractivity contribution in [2.24, 2.45) is 0 Å². The lowest BCUT2D eigenvalue weighted by molar-refractivity contribution is -0.0933. The van der Waals surface area contributed by atoms with E-state index < -0.39 is 0 Å². The van der Waals surface area contributed by atoms with Crippen molar-refractivity contribution in [3.8, 4) is 0 Å². The van der Waals surface area contributed by atoms with Gasteiger partial charge in [-0.2, -0.15) is 11.8 Å². The first kappa shape index (κ1) is 15.8. The third-order valence-electron chi connectivity index (χ3n) is 4.49. The minimum absolute atomic E-state index is 0.0803. The molecule has 5 heteroatoms. The number of hydrogen-bond donors (Lipinski definition) is 1. The maximum absolute atomic E-state index is 13.8. The highest BCUT2D eigenvalue weighted by Gasteiger charge is 2.38. The second-order valence-electron chi connectivity index (χ2n) is 5.95. The first-order chi connectivity index (χ1) is 10.2. The lowest BCUT2D eigenvalue weighted by Crippen LogP contribution is -2.48. The number of hydrogen-bond acceptors (Lipinski definition) is 3. The van der Waals surface area contributed by atoms with Crippen LogP contribution in [-0.4, -0.2) is 29.8 Å². The molecule has 0 saturated carbocycles. The zero-order valence-electron chi connectivity index (χ0n) is 12.0. The van der Waals surface area contributed by atoms with Crippen molar-refractivity contribution in [3.63, 3.8) is 0 Å². The average molecular weight is 374 g/mol. The summed E-state index contributed by atoms with van der Waals surface area (Å²) in [6, 6.07) is 5.54. The summed E-state index contributed by atoms with van der Waals surface area (Å²) in [5.41, 5.74) is 0.806. The van der Waals surface area contributed by atoms with E-state index in [1.165, 1.54) is 17.6 Å². The van der Waals surface area contributed by atoms with Gasteiger partial charge in [0.1, 0.15) is 5.82 Å². The smallest absolute Gasteiger partial charge is 0.127 e. The van der Waals surface area contributed by atoms with Crippen LogP contribution in [0.2, 0.25) is 0 Å². The molecule has 1 N–H and O–H groups in total. The average Bonchev–Trinajstić information content (AvgIpc) is 2.49. The van der Waals surface area contributed by atoms with Gasteiger partial charge in [0.05, 0.1) is 5.60 Å². The maximum Gasteiger partial charge on any atom is 0.127 e. The maximum atomic E-state index is 13.8. The molecule has 0 bridgehead atoms. The van der Waals surface area contributed by atoms with E-state index in [0.29, 0.717) is 12.6 Å². The van der Waals surface area contributed by atoms with E-state index >= 15 is 0 Å². The number of halogens is 2. The van der Waals surface area contributed by atoms with Gasteiger partial charge >= 0.3 is 0 Å². The van der Waals surface area contributed by atoms with Crippen molar-refractivity contribution in [1.29, 1.82) is 0 Å². The zero-order chi connectivity index (χ0) is 14.7. The molecule has 0 aliphatic carbocycles. The minimum atomic E-state index is -0.137. The first-order valence-electron chi connectivity index (χ1n) is 7.56. The SMILES string of the molecule is Fc1ccc(Br)cc1CNC1CCOC2(CCSCC2)C1. The van der Waals surface area contributed by atoms with Gasteiger partial charge in [-0.3, -0.25) is 0 Å². The summed E-state index contributed by atoms with van der Waals surface area (Å²) in [6.07, 6.45) is 4.38. The Bertz CT molecular complexity index is 488. The fourth-order valence-corrected chi connectivity index (χ4v) is 4.87. The van der Waals surface area contributed by atoms with E-state index in [4.69, 9.17) is 4.74 Å². The fraction of sp³-hybridized carbons (Fsp3) is 0.625. The second kappa shape index (κ2) is 6.99. The van der Waals surface area contributed by atoms with Crippen LogP contribution in [-0.2, 0) is 11.3 Å². The standard InChI is InChI=1S/C16H21BrFNOS/c17-13-1-2-15(18)12(9-13)11-19-14-3-6-20-16(10-14)4-7-21-8-5-16/h1-2,9,14,19H,3-8,10-11H2. The Labute approximate surface area is 138 Å². The molecule has 2 aliphatic rings. The molecule has 3 rings (SSSR count). The van der Waals surface area contributed by atoms with Crippen LogP contribution in [0.5, 0.6) is 0 Å². The van der Waals surface area contributed by atoms with Crippen molar-refractivity contribution in [1.82, 2.24) is 5.32 Å². The molecule has 2 fully saturated rings. The van der Waals surface area contributed by atoms with E-state index in [2.05, 4.69) is 21.2 Å². The van der Waals surface area contributed by atoms with Gasteiger partial charge in [-0.1, -0.05) is 15.9 Å². The third-order valence-corrected chi connectivity index (χ3v) is 5.96. The summed E-state index contributed by atoms with van der Waals surface area (Å²) in [7, 11) is 0. The molecule has 1 aromatic carbocycles. The molecule has 1 spiro atoms.